The SMILES string of the molecule is CCn1cc(CC(NN)c2ncccn2)cn1. The lowest BCUT2D eigenvalue weighted by Crippen LogP contribution is -2.30. The number of hydrogen-bond donors (Lipinski definition) is 2. The Kier molecular flexibility index (Phi) is 3.79. The molecule has 17 heavy (non-hydrogen) atoms. The van der Waals surface area contributed by atoms with E-state index in [1.165, 1.54) is 0 Å². The van der Waals surface area contributed by atoms with Gasteiger partial charge in [-0.1, -0.05) is 0 Å². The van der Waals surface area contributed by atoms with E-state index in [-0.39, 0.29) is 6.04 Å². The maximum Gasteiger partial charge on any atom is 0.146 e. The Bertz CT molecular complexity index is 452. The normalized spacial score (nSPS) is 12.6. The summed E-state index contributed by atoms with van der Waals surface area (Å²) < 4.78 is 1.88. The molecule has 0 radical (unpaired) electrons. The molecule has 0 fully saturated rings. The number of aryl methyl sites for hydroxylation is 1. The quantitative estimate of drug-likeness (QED) is 0.577. The van der Waals surface area contributed by atoms with Gasteiger partial charge in [0.05, 0.1) is 12.2 Å². The lowest BCUT2D eigenvalue weighted by atomic mass is 10.1. The van der Waals surface area contributed by atoms with Crippen LogP contribution in [0.4, 0.5) is 0 Å². The highest BCUT2D eigenvalue weighted by Gasteiger charge is 2.13. The summed E-state index contributed by atoms with van der Waals surface area (Å²) in [5.41, 5.74) is 3.85. The maximum absolute atomic E-state index is 5.53. The molecule has 0 saturated carbocycles. The van der Waals surface area contributed by atoms with E-state index in [9.17, 15) is 0 Å². The molecule has 1 unspecified atom stereocenters. The standard InChI is InChI=1S/C11H16N6/c1-2-17-8-9(7-15-17)6-10(16-12)11-13-4-3-5-14-11/h3-5,7-8,10,16H,2,6,12H2,1H3. The first-order chi connectivity index (χ1) is 8.33. The number of aromatic nitrogens is 4. The number of nitrogens with zero attached hydrogens (tertiary/aromatic N) is 4. The second-order valence-corrected chi connectivity index (χ2v) is 3.73. The van der Waals surface area contributed by atoms with Crippen LogP contribution in [0.2, 0.25) is 0 Å². The fraction of sp³-hybridized carbons (Fsp3) is 0.364. The third-order valence-corrected chi connectivity index (χ3v) is 2.55. The lowest BCUT2D eigenvalue weighted by molar-refractivity contribution is 0.522. The van der Waals surface area contributed by atoms with E-state index in [0.29, 0.717) is 5.82 Å². The minimum absolute atomic E-state index is 0.0919. The first-order valence-electron chi connectivity index (χ1n) is 5.58. The van der Waals surface area contributed by atoms with E-state index in [1.807, 2.05) is 17.1 Å². The van der Waals surface area contributed by atoms with Crippen molar-refractivity contribution < 1.29 is 0 Å². The molecule has 6 nitrogen and oxygen atoms in total. The van der Waals surface area contributed by atoms with Crippen molar-refractivity contribution in [2.24, 2.45) is 5.84 Å². The van der Waals surface area contributed by atoms with E-state index in [4.69, 9.17) is 5.84 Å². The summed E-state index contributed by atoms with van der Waals surface area (Å²) in [4.78, 5) is 8.38. The molecule has 0 aliphatic rings. The van der Waals surface area contributed by atoms with E-state index in [1.54, 1.807) is 18.5 Å². The van der Waals surface area contributed by atoms with E-state index >= 15 is 0 Å². The molecule has 6 heteroatoms. The van der Waals surface area contributed by atoms with Crippen molar-refractivity contribution in [3.63, 3.8) is 0 Å². The van der Waals surface area contributed by atoms with E-state index < -0.39 is 0 Å². The van der Waals surface area contributed by atoms with Gasteiger partial charge in [-0.3, -0.25) is 10.5 Å². The van der Waals surface area contributed by atoms with Gasteiger partial charge < -0.3 is 0 Å². The van der Waals surface area contributed by atoms with Crippen molar-refractivity contribution in [1.82, 2.24) is 25.2 Å². The summed E-state index contributed by atoms with van der Waals surface area (Å²) in [5.74, 6) is 6.23. The topological polar surface area (TPSA) is 81.7 Å². The van der Waals surface area contributed by atoms with Gasteiger partial charge in [0, 0.05) is 25.1 Å². The summed E-state index contributed by atoms with van der Waals surface area (Å²) in [5, 5.41) is 4.22. The molecule has 0 spiro atoms. The third-order valence-electron chi connectivity index (χ3n) is 2.55. The molecule has 0 saturated heterocycles. The highest BCUT2D eigenvalue weighted by molar-refractivity contribution is 5.09. The number of rotatable bonds is 5. The maximum atomic E-state index is 5.53. The van der Waals surface area contributed by atoms with Gasteiger partial charge in [0.2, 0.25) is 0 Å². The highest BCUT2D eigenvalue weighted by atomic mass is 15.3. The Balaban J connectivity index is 2.10. The molecule has 90 valence electrons. The summed E-state index contributed by atoms with van der Waals surface area (Å²) in [6.45, 7) is 2.91. The number of nitrogens with one attached hydrogen (secondary N) is 1. The number of hydrogen-bond acceptors (Lipinski definition) is 5. The van der Waals surface area contributed by atoms with Crippen LogP contribution in [0.25, 0.3) is 0 Å². The van der Waals surface area contributed by atoms with Crippen molar-refractivity contribution in [3.8, 4) is 0 Å². The van der Waals surface area contributed by atoms with Gasteiger partial charge >= 0.3 is 0 Å². The molecule has 0 bridgehead atoms. The molecule has 0 aliphatic carbocycles. The van der Waals surface area contributed by atoms with Crippen molar-refractivity contribution >= 4 is 0 Å². The zero-order valence-electron chi connectivity index (χ0n) is 9.74. The predicted octanol–water partition coefficient (Wildman–Crippen LogP) is 0.440. The van der Waals surface area contributed by atoms with Gasteiger partial charge in [0.15, 0.2) is 0 Å². The fourth-order valence-electron chi connectivity index (χ4n) is 1.64. The van der Waals surface area contributed by atoms with Crippen molar-refractivity contribution in [3.05, 3.63) is 42.2 Å². The van der Waals surface area contributed by atoms with Crippen molar-refractivity contribution in [2.45, 2.75) is 25.9 Å². The Morgan fingerprint density at radius 1 is 1.41 bits per heavy atom. The molecule has 0 aliphatic heterocycles. The van der Waals surface area contributed by atoms with Crippen LogP contribution < -0.4 is 11.3 Å². The number of hydrazine groups is 1. The second-order valence-electron chi connectivity index (χ2n) is 3.73. The van der Waals surface area contributed by atoms with Gasteiger partial charge in [-0.05, 0) is 25.0 Å². The molecule has 2 heterocycles. The van der Waals surface area contributed by atoms with Crippen LogP contribution in [-0.4, -0.2) is 19.7 Å². The average molecular weight is 232 g/mol. The summed E-state index contributed by atoms with van der Waals surface area (Å²) in [7, 11) is 0. The summed E-state index contributed by atoms with van der Waals surface area (Å²) >= 11 is 0. The molecule has 2 aromatic heterocycles. The molecular weight excluding hydrogens is 216 g/mol. The first-order valence-corrected chi connectivity index (χ1v) is 5.58. The zero-order chi connectivity index (χ0) is 12.1. The van der Waals surface area contributed by atoms with Crippen LogP contribution in [0.15, 0.2) is 30.9 Å². The fourth-order valence-corrected chi connectivity index (χ4v) is 1.64. The Morgan fingerprint density at radius 3 is 2.76 bits per heavy atom. The number of nitrogens with two attached hydrogens (primary N) is 1. The molecule has 2 rings (SSSR count). The Labute approximate surface area is 99.9 Å². The van der Waals surface area contributed by atoms with Gasteiger partial charge in [-0.25, -0.2) is 15.4 Å². The zero-order valence-corrected chi connectivity index (χ0v) is 9.74. The molecule has 0 aromatic carbocycles. The predicted molar refractivity (Wildman–Crippen MR) is 63.7 cm³/mol. The summed E-state index contributed by atoms with van der Waals surface area (Å²) in [6, 6.07) is 1.69. The minimum atomic E-state index is -0.0919. The monoisotopic (exact) mass is 232 g/mol. The average Bonchev–Trinajstić information content (AvgIpc) is 2.84. The van der Waals surface area contributed by atoms with Crippen molar-refractivity contribution in [1.29, 1.82) is 0 Å². The van der Waals surface area contributed by atoms with Crippen LogP contribution in [0.5, 0.6) is 0 Å². The largest absolute Gasteiger partial charge is 0.273 e. The molecule has 1 atom stereocenters. The first kappa shape index (κ1) is 11.7. The van der Waals surface area contributed by atoms with E-state index in [2.05, 4.69) is 27.4 Å². The molecule has 3 N–H and O–H groups in total. The van der Waals surface area contributed by atoms with Crippen LogP contribution in [0.1, 0.15) is 24.4 Å². The van der Waals surface area contributed by atoms with Gasteiger partial charge in [0.1, 0.15) is 5.82 Å². The van der Waals surface area contributed by atoms with E-state index in [0.717, 1.165) is 18.5 Å². The highest BCUT2D eigenvalue weighted by Crippen LogP contribution is 2.12. The Hall–Kier alpha value is -1.79. The van der Waals surface area contributed by atoms with Crippen LogP contribution in [-0.2, 0) is 13.0 Å². The van der Waals surface area contributed by atoms with Gasteiger partial charge in [0.25, 0.3) is 0 Å². The second kappa shape index (κ2) is 5.51. The van der Waals surface area contributed by atoms with Gasteiger partial charge in [-0.2, -0.15) is 5.10 Å². The van der Waals surface area contributed by atoms with Gasteiger partial charge in [-0.15, -0.1) is 0 Å². The molecule has 0 amide bonds. The minimum Gasteiger partial charge on any atom is -0.273 e. The third kappa shape index (κ3) is 2.86. The molecule has 2 aromatic rings. The smallest absolute Gasteiger partial charge is 0.146 e. The van der Waals surface area contributed by atoms with Crippen LogP contribution in [0, 0.1) is 0 Å². The Morgan fingerprint density at radius 2 is 2.18 bits per heavy atom. The lowest BCUT2D eigenvalue weighted by Gasteiger charge is -2.12. The van der Waals surface area contributed by atoms with Crippen LogP contribution >= 0.6 is 0 Å². The summed E-state index contributed by atoms with van der Waals surface area (Å²) in [6.07, 6.45) is 7.99. The van der Waals surface area contributed by atoms with Crippen molar-refractivity contribution in [2.75, 3.05) is 0 Å². The van der Waals surface area contributed by atoms with Crippen LogP contribution in [0.3, 0.4) is 0 Å². The molecular formula is C11H16N6.